The molecule has 0 aliphatic carbocycles. The molecule has 1 aromatic carbocycles. The minimum absolute atomic E-state index is 0.0215. The molecule has 0 spiro atoms. The van der Waals surface area contributed by atoms with Crippen LogP contribution in [0.4, 0.5) is 5.69 Å². The third-order valence-corrected chi connectivity index (χ3v) is 3.58. The number of pyridine rings is 1. The highest BCUT2D eigenvalue weighted by Crippen LogP contribution is 2.17. The molecular weight excluding hydrogens is 288 g/mol. The smallest absolute Gasteiger partial charge is 0.226 e. The van der Waals surface area contributed by atoms with Gasteiger partial charge in [0.05, 0.1) is 12.5 Å². The normalized spacial score (nSPS) is 16.4. The summed E-state index contributed by atoms with van der Waals surface area (Å²) in [6.07, 6.45) is 4.18. The molecule has 3 rings (SSSR count). The van der Waals surface area contributed by atoms with Crippen molar-refractivity contribution in [2.45, 2.75) is 25.4 Å². The van der Waals surface area contributed by atoms with Gasteiger partial charge in [0.25, 0.3) is 0 Å². The van der Waals surface area contributed by atoms with Crippen LogP contribution in [0.5, 0.6) is 0 Å². The third kappa shape index (κ3) is 4.67. The number of aromatic nitrogens is 1. The number of nitrogens with one attached hydrogen (secondary N) is 1. The maximum atomic E-state index is 12.0. The second kappa shape index (κ2) is 7.57. The number of carbonyl (C=O) groups excluding carboxylic acids is 1. The van der Waals surface area contributed by atoms with Crippen LogP contribution in [-0.2, 0) is 9.53 Å². The molecule has 1 aliphatic rings. The molecule has 116 valence electrons. The molecule has 2 heterocycles. The Hall–Kier alpha value is -2.64. The molecule has 4 nitrogen and oxygen atoms in total. The Bertz CT molecular complexity index is 726. The van der Waals surface area contributed by atoms with E-state index in [0.29, 0.717) is 6.42 Å². The first-order chi connectivity index (χ1) is 11.3. The van der Waals surface area contributed by atoms with Crippen molar-refractivity contribution in [1.29, 1.82) is 0 Å². The van der Waals surface area contributed by atoms with E-state index in [2.05, 4.69) is 22.1 Å². The Morgan fingerprint density at radius 3 is 3.00 bits per heavy atom. The number of amides is 1. The van der Waals surface area contributed by atoms with Crippen LogP contribution >= 0.6 is 0 Å². The minimum atomic E-state index is -0.0215. The molecule has 0 bridgehead atoms. The van der Waals surface area contributed by atoms with Crippen molar-refractivity contribution in [3.05, 3.63) is 59.9 Å². The molecule has 1 aliphatic heterocycles. The molecule has 0 saturated carbocycles. The van der Waals surface area contributed by atoms with E-state index in [1.165, 1.54) is 0 Å². The monoisotopic (exact) mass is 306 g/mol. The number of nitrogens with zero attached hydrogens (tertiary/aromatic N) is 1. The third-order valence-electron chi connectivity index (χ3n) is 3.58. The lowest BCUT2D eigenvalue weighted by atomic mass is 10.1. The van der Waals surface area contributed by atoms with Crippen LogP contribution in [0.3, 0.4) is 0 Å². The summed E-state index contributed by atoms with van der Waals surface area (Å²) in [6.45, 7) is 0.760. The SMILES string of the molecule is O=C(C[C@H]1CCCO1)Nc1cccc(C#Cc2ccccn2)c1. The van der Waals surface area contributed by atoms with Crippen LogP contribution < -0.4 is 5.32 Å². The van der Waals surface area contributed by atoms with E-state index in [1.54, 1.807) is 6.20 Å². The van der Waals surface area contributed by atoms with Gasteiger partial charge in [-0.2, -0.15) is 0 Å². The summed E-state index contributed by atoms with van der Waals surface area (Å²) in [5.74, 6) is 6.04. The van der Waals surface area contributed by atoms with Crippen molar-refractivity contribution in [3.8, 4) is 11.8 Å². The van der Waals surface area contributed by atoms with E-state index < -0.39 is 0 Å². The number of carbonyl (C=O) groups is 1. The van der Waals surface area contributed by atoms with Gasteiger partial charge in [0.1, 0.15) is 5.69 Å². The molecule has 1 atom stereocenters. The maximum Gasteiger partial charge on any atom is 0.226 e. The predicted molar refractivity (Wildman–Crippen MR) is 88.9 cm³/mol. The molecule has 0 unspecified atom stereocenters. The molecule has 2 aromatic rings. The van der Waals surface area contributed by atoms with Gasteiger partial charge in [-0.15, -0.1) is 0 Å². The number of benzene rings is 1. The fraction of sp³-hybridized carbons (Fsp3) is 0.263. The van der Waals surface area contributed by atoms with Crippen LogP contribution in [0.25, 0.3) is 0 Å². The highest BCUT2D eigenvalue weighted by Gasteiger charge is 2.18. The number of hydrogen-bond acceptors (Lipinski definition) is 3. The van der Waals surface area contributed by atoms with Gasteiger partial charge in [-0.1, -0.05) is 18.1 Å². The van der Waals surface area contributed by atoms with Gasteiger partial charge in [-0.25, -0.2) is 4.98 Å². The average Bonchev–Trinajstić information content (AvgIpc) is 3.07. The summed E-state index contributed by atoms with van der Waals surface area (Å²) < 4.78 is 5.48. The molecule has 1 saturated heterocycles. The van der Waals surface area contributed by atoms with Crippen LogP contribution in [-0.4, -0.2) is 23.6 Å². The topological polar surface area (TPSA) is 51.2 Å². The first-order valence-electron chi connectivity index (χ1n) is 7.74. The average molecular weight is 306 g/mol. The van der Waals surface area contributed by atoms with E-state index in [-0.39, 0.29) is 12.0 Å². The fourth-order valence-electron chi connectivity index (χ4n) is 2.47. The second-order valence-electron chi connectivity index (χ2n) is 5.43. The molecule has 1 amide bonds. The Labute approximate surface area is 135 Å². The fourth-order valence-corrected chi connectivity index (χ4v) is 2.47. The quantitative estimate of drug-likeness (QED) is 0.887. The van der Waals surface area contributed by atoms with E-state index >= 15 is 0 Å². The molecule has 1 N–H and O–H groups in total. The van der Waals surface area contributed by atoms with Gasteiger partial charge >= 0.3 is 0 Å². The Morgan fingerprint density at radius 1 is 1.26 bits per heavy atom. The first-order valence-corrected chi connectivity index (χ1v) is 7.74. The van der Waals surface area contributed by atoms with Crippen LogP contribution in [0.1, 0.15) is 30.5 Å². The number of rotatable bonds is 3. The van der Waals surface area contributed by atoms with E-state index in [4.69, 9.17) is 4.74 Å². The van der Waals surface area contributed by atoms with E-state index in [1.807, 2.05) is 42.5 Å². The van der Waals surface area contributed by atoms with Crippen molar-refractivity contribution < 1.29 is 9.53 Å². The van der Waals surface area contributed by atoms with Gasteiger partial charge in [-0.05, 0) is 49.1 Å². The Morgan fingerprint density at radius 2 is 2.22 bits per heavy atom. The van der Waals surface area contributed by atoms with Gasteiger partial charge in [0.15, 0.2) is 0 Å². The minimum Gasteiger partial charge on any atom is -0.378 e. The molecular formula is C19H18N2O2. The predicted octanol–water partition coefficient (Wildman–Crippen LogP) is 2.99. The zero-order valence-electron chi connectivity index (χ0n) is 12.8. The summed E-state index contributed by atoms with van der Waals surface area (Å²) in [5.41, 5.74) is 2.31. The maximum absolute atomic E-state index is 12.0. The summed E-state index contributed by atoms with van der Waals surface area (Å²) in [7, 11) is 0. The van der Waals surface area contributed by atoms with Crippen molar-refractivity contribution in [2.24, 2.45) is 0 Å². The zero-order chi connectivity index (χ0) is 15.9. The van der Waals surface area contributed by atoms with Gasteiger partial charge in [-0.3, -0.25) is 4.79 Å². The second-order valence-corrected chi connectivity index (χ2v) is 5.43. The summed E-state index contributed by atoms with van der Waals surface area (Å²) in [6, 6.07) is 13.1. The van der Waals surface area contributed by atoms with Crippen LogP contribution in [0.15, 0.2) is 48.7 Å². The highest BCUT2D eigenvalue weighted by molar-refractivity contribution is 5.91. The lowest BCUT2D eigenvalue weighted by Gasteiger charge is -2.09. The first kappa shape index (κ1) is 15.3. The Kier molecular flexibility index (Phi) is 5.02. The Balaban J connectivity index is 1.63. The van der Waals surface area contributed by atoms with Crippen LogP contribution in [0.2, 0.25) is 0 Å². The van der Waals surface area contributed by atoms with Gasteiger partial charge in [0.2, 0.25) is 5.91 Å². The lowest BCUT2D eigenvalue weighted by molar-refractivity contribution is -0.118. The summed E-state index contributed by atoms with van der Waals surface area (Å²) in [4.78, 5) is 16.2. The largest absolute Gasteiger partial charge is 0.378 e. The van der Waals surface area contributed by atoms with Crippen molar-refractivity contribution in [2.75, 3.05) is 11.9 Å². The van der Waals surface area contributed by atoms with Crippen molar-refractivity contribution in [3.63, 3.8) is 0 Å². The number of ether oxygens (including phenoxy) is 1. The number of hydrogen-bond donors (Lipinski definition) is 1. The standard InChI is InChI=1S/C19H18N2O2/c22-19(14-18-8-4-12-23-18)21-17-7-3-5-15(13-17)9-10-16-6-1-2-11-20-16/h1-3,5-7,11,13,18H,4,8,12,14H2,(H,21,22)/t18-/m1/s1. The van der Waals surface area contributed by atoms with E-state index in [9.17, 15) is 4.79 Å². The molecule has 0 radical (unpaired) electrons. The van der Waals surface area contributed by atoms with Gasteiger partial charge in [0, 0.05) is 24.1 Å². The van der Waals surface area contributed by atoms with Crippen molar-refractivity contribution in [1.82, 2.24) is 4.98 Å². The van der Waals surface area contributed by atoms with Crippen molar-refractivity contribution >= 4 is 11.6 Å². The number of anilines is 1. The summed E-state index contributed by atoms with van der Waals surface area (Å²) in [5, 5.41) is 2.91. The highest BCUT2D eigenvalue weighted by atomic mass is 16.5. The molecule has 1 fully saturated rings. The van der Waals surface area contributed by atoms with Crippen LogP contribution in [0, 0.1) is 11.8 Å². The molecule has 4 heteroatoms. The summed E-state index contributed by atoms with van der Waals surface area (Å²) >= 11 is 0. The van der Waals surface area contributed by atoms with E-state index in [0.717, 1.165) is 36.4 Å². The van der Waals surface area contributed by atoms with Gasteiger partial charge < -0.3 is 10.1 Å². The molecule has 1 aromatic heterocycles. The zero-order valence-corrected chi connectivity index (χ0v) is 12.8. The lowest BCUT2D eigenvalue weighted by Crippen LogP contribution is -2.19. The molecule has 23 heavy (non-hydrogen) atoms.